The summed E-state index contributed by atoms with van der Waals surface area (Å²) in [6.07, 6.45) is 3.74. The average molecular weight is 314 g/mol. The molecule has 1 saturated heterocycles. The lowest BCUT2D eigenvalue weighted by molar-refractivity contribution is 0.152. The number of rotatable bonds is 4. The number of aryl methyl sites for hydroxylation is 1. The lowest BCUT2D eigenvalue weighted by Gasteiger charge is -2.33. The van der Waals surface area contributed by atoms with Crippen molar-refractivity contribution >= 4 is 10.9 Å². The van der Waals surface area contributed by atoms with Crippen molar-refractivity contribution in [1.29, 1.82) is 0 Å². The predicted octanol–water partition coefficient (Wildman–Crippen LogP) is 3.61. The van der Waals surface area contributed by atoms with E-state index < -0.39 is 0 Å². The van der Waals surface area contributed by atoms with E-state index in [-0.39, 0.29) is 5.43 Å². The Labute approximate surface area is 137 Å². The van der Waals surface area contributed by atoms with Gasteiger partial charge in [0.15, 0.2) is 5.43 Å². The van der Waals surface area contributed by atoms with Crippen molar-refractivity contribution in [3.63, 3.8) is 0 Å². The highest BCUT2D eigenvalue weighted by Gasteiger charge is 2.21. The van der Waals surface area contributed by atoms with Gasteiger partial charge in [-0.1, -0.05) is 6.42 Å². The molecule has 1 aromatic carbocycles. The van der Waals surface area contributed by atoms with E-state index in [9.17, 15) is 4.79 Å². The Morgan fingerprint density at radius 3 is 2.91 bits per heavy atom. The molecule has 1 aromatic heterocycles. The topological polar surface area (TPSA) is 45.3 Å². The van der Waals surface area contributed by atoms with E-state index in [0.717, 1.165) is 41.0 Å². The van der Waals surface area contributed by atoms with E-state index in [2.05, 4.69) is 16.8 Å². The summed E-state index contributed by atoms with van der Waals surface area (Å²) in [5.74, 6) is 0.756. The minimum atomic E-state index is 0.135. The van der Waals surface area contributed by atoms with Crippen LogP contribution in [-0.2, 0) is 6.54 Å². The first kappa shape index (κ1) is 16.1. The van der Waals surface area contributed by atoms with Gasteiger partial charge in [0.2, 0.25) is 0 Å². The van der Waals surface area contributed by atoms with Crippen LogP contribution in [0, 0.1) is 6.92 Å². The van der Waals surface area contributed by atoms with Gasteiger partial charge >= 0.3 is 0 Å². The molecule has 0 unspecified atom stereocenters. The number of pyridine rings is 1. The van der Waals surface area contributed by atoms with E-state index in [1.807, 2.05) is 32.0 Å². The monoisotopic (exact) mass is 314 g/mol. The average Bonchev–Trinajstić information content (AvgIpc) is 2.54. The van der Waals surface area contributed by atoms with Crippen LogP contribution in [0.3, 0.4) is 0 Å². The molecule has 4 nitrogen and oxygen atoms in total. The standard InChI is InChI=1S/C19H26N2O2/c1-4-23-15-8-9-18-16(11-15)19(22)17(14(3)20-18)12-21-10-6-5-7-13(21)2/h8-9,11,13H,4-7,10,12H2,1-3H3,(H,20,22)/t13-/m0/s1. The van der Waals surface area contributed by atoms with Crippen molar-refractivity contribution in [2.45, 2.75) is 52.6 Å². The zero-order chi connectivity index (χ0) is 16.4. The van der Waals surface area contributed by atoms with Crippen LogP contribution in [0.5, 0.6) is 5.75 Å². The predicted molar refractivity (Wildman–Crippen MR) is 94.2 cm³/mol. The van der Waals surface area contributed by atoms with Crippen molar-refractivity contribution in [3.8, 4) is 5.75 Å². The Kier molecular flexibility index (Phi) is 4.71. The molecule has 0 saturated carbocycles. The lowest BCUT2D eigenvalue weighted by Crippen LogP contribution is -2.38. The molecular formula is C19H26N2O2. The van der Waals surface area contributed by atoms with Gasteiger partial charge in [-0.3, -0.25) is 9.69 Å². The minimum absolute atomic E-state index is 0.135. The van der Waals surface area contributed by atoms with Gasteiger partial charge < -0.3 is 9.72 Å². The number of aromatic nitrogens is 1. The Hall–Kier alpha value is -1.81. The number of aromatic amines is 1. The fraction of sp³-hybridized carbons (Fsp3) is 0.526. The molecule has 1 aliphatic rings. The number of piperidine rings is 1. The maximum absolute atomic E-state index is 13.0. The van der Waals surface area contributed by atoms with Crippen LogP contribution in [0.1, 0.15) is 44.4 Å². The Morgan fingerprint density at radius 2 is 2.17 bits per heavy atom. The van der Waals surface area contributed by atoms with Crippen molar-refractivity contribution in [1.82, 2.24) is 9.88 Å². The second kappa shape index (κ2) is 6.75. The van der Waals surface area contributed by atoms with Crippen LogP contribution in [0.2, 0.25) is 0 Å². The van der Waals surface area contributed by atoms with E-state index >= 15 is 0 Å². The highest BCUT2D eigenvalue weighted by atomic mass is 16.5. The van der Waals surface area contributed by atoms with Gasteiger partial charge in [-0.05, 0) is 58.4 Å². The van der Waals surface area contributed by atoms with Crippen molar-refractivity contribution in [3.05, 3.63) is 39.7 Å². The molecule has 23 heavy (non-hydrogen) atoms. The number of ether oxygens (including phenoxy) is 1. The summed E-state index contributed by atoms with van der Waals surface area (Å²) >= 11 is 0. The third kappa shape index (κ3) is 3.27. The third-order valence-electron chi connectivity index (χ3n) is 4.90. The summed E-state index contributed by atoms with van der Waals surface area (Å²) in [5.41, 5.74) is 2.88. The second-order valence-electron chi connectivity index (χ2n) is 6.51. The number of nitrogens with one attached hydrogen (secondary N) is 1. The first-order chi connectivity index (χ1) is 11.1. The molecule has 0 amide bonds. The van der Waals surface area contributed by atoms with Crippen molar-refractivity contribution in [2.24, 2.45) is 0 Å². The van der Waals surface area contributed by atoms with Crippen LogP contribution in [0.25, 0.3) is 10.9 Å². The molecule has 0 radical (unpaired) electrons. The summed E-state index contributed by atoms with van der Waals surface area (Å²) in [6.45, 7) is 8.63. The third-order valence-corrected chi connectivity index (χ3v) is 4.90. The molecule has 0 aliphatic carbocycles. The maximum Gasteiger partial charge on any atom is 0.194 e. The van der Waals surface area contributed by atoms with Crippen molar-refractivity contribution in [2.75, 3.05) is 13.2 Å². The zero-order valence-electron chi connectivity index (χ0n) is 14.3. The fourth-order valence-corrected chi connectivity index (χ4v) is 3.47. The molecular weight excluding hydrogens is 288 g/mol. The number of benzene rings is 1. The van der Waals surface area contributed by atoms with Crippen molar-refractivity contribution < 1.29 is 4.74 Å². The minimum Gasteiger partial charge on any atom is -0.494 e. The van der Waals surface area contributed by atoms with Gasteiger partial charge in [0, 0.05) is 34.7 Å². The molecule has 1 aliphatic heterocycles. The summed E-state index contributed by atoms with van der Waals surface area (Å²) in [7, 11) is 0. The van der Waals surface area contributed by atoms with Gasteiger partial charge in [0.25, 0.3) is 0 Å². The van der Waals surface area contributed by atoms with E-state index in [4.69, 9.17) is 4.74 Å². The normalized spacial score (nSPS) is 19.2. The van der Waals surface area contributed by atoms with Gasteiger partial charge in [0.1, 0.15) is 5.75 Å². The highest BCUT2D eigenvalue weighted by Crippen LogP contribution is 2.22. The number of likely N-dealkylation sites (tertiary alicyclic amines) is 1. The van der Waals surface area contributed by atoms with Crippen LogP contribution in [0.15, 0.2) is 23.0 Å². The van der Waals surface area contributed by atoms with Gasteiger partial charge in [-0.25, -0.2) is 0 Å². The molecule has 124 valence electrons. The quantitative estimate of drug-likeness (QED) is 0.937. The van der Waals surface area contributed by atoms with Gasteiger partial charge in [-0.2, -0.15) is 0 Å². The molecule has 0 bridgehead atoms. The Morgan fingerprint density at radius 1 is 1.35 bits per heavy atom. The van der Waals surface area contributed by atoms with Crippen LogP contribution in [-0.4, -0.2) is 29.1 Å². The molecule has 3 rings (SSSR count). The number of fused-ring (bicyclic) bond motifs is 1. The van der Waals surface area contributed by atoms with E-state index in [1.165, 1.54) is 19.3 Å². The molecule has 1 fully saturated rings. The fourth-order valence-electron chi connectivity index (χ4n) is 3.47. The number of H-pyrrole nitrogens is 1. The SMILES string of the molecule is CCOc1ccc2[nH]c(C)c(CN3CCCC[C@@H]3C)c(=O)c2c1. The highest BCUT2D eigenvalue weighted by molar-refractivity contribution is 5.81. The Balaban J connectivity index is 2.00. The van der Waals surface area contributed by atoms with Gasteiger partial charge in [-0.15, -0.1) is 0 Å². The van der Waals surface area contributed by atoms with Gasteiger partial charge in [0.05, 0.1) is 6.61 Å². The molecule has 4 heteroatoms. The molecule has 2 aromatic rings. The Bertz CT molecular complexity index is 751. The molecule has 2 heterocycles. The molecule has 0 spiro atoms. The molecule has 1 atom stereocenters. The summed E-state index contributed by atoms with van der Waals surface area (Å²) in [6, 6.07) is 6.25. The van der Waals surface area contributed by atoms with Crippen LogP contribution >= 0.6 is 0 Å². The first-order valence-corrected chi connectivity index (χ1v) is 8.62. The largest absolute Gasteiger partial charge is 0.494 e. The number of hydrogen-bond acceptors (Lipinski definition) is 3. The summed E-state index contributed by atoms with van der Waals surface area (Å²) < 4.78 is 5.54. The molecule has 1 N–H and O–H groups in total. The number of nitrogens with zero attached hydrogens (tertiary/aromatic N) is 1. The first-order valence-electron chi connectivity index (χ1n) is 8.62. The van der Waals surface area contributed by atoms with E-state index in [0.29, 0.717) is 12.6 Å². The number of hydrogen-bond donors (Lipinski definition) is 1. The van der Waals surface area contributed by atoms with Crippen LogP contribution < -0.4 is 10.2 Å². The lowest BCUT2D eigenvalue weighted by atomic mass is 10.0. The van der Waals surface area contributed by atoms with Crippen LogP contribution in [0.4, 0.5) is 0 Å². The summed E-state index contributed by atoms with van der Waals surface area (Å²) in [4.78, 5) is 18.8. The van der Waals surface area contributed by atoms with E-state index in [1.54, 1.807) is 0 Å². The second-order valence-corrected chi connectivity index (χ2v) is 6.51. The maximum atomic E-state index is 13.0. The summed E-state index contributed by atoms with van der Waals surface area (Å²) in [5, 5.41) is 0.723. The zero-order valence-corrected chi connectivity index (χ0v) is 14.3. The smallest absolute Gasteiger partial charge is 0.194 e.